The highest BCUT2D eigenvalue weighted by atomic mass is 35.5. The topological polar surface area (TPSA) is 86.8 Å². The minimum absolute atomic E-state index is 0.0207. The number of rotatable bonds is 12. The zero-order valence-corrected chi connectivity index (χ0v) is 25.2. The SMILES string of the molecule is CCNC(=O)[C@H](Cc1ccccc1)N(Cc1ccc(C)cc1)C(=O)CN(c1ccccc1Cl)S(=O)(=O)c1ccccc1. The van der Waals surface area contributed by atoms with Crippen LogP contribution in [0.3, 0.4) is 0 Å². The maximum atomic E-state index is 14.3. The lowest BCUT2D eigenvalue weighted by molar-refractivity contribution is -0.140. The fourth-order valence-electron chi connectivity index (χ4n) is 4.62. The van der Waals surface area contributed by atoms with Gasteiger partial charge in [-0.15, -0.1) is 0 Å². The summed E-state index contributed by atoms with van der Waals surface area (Å²) in [5.41, 5.74) is 2.91. The van der Waals surface area contributed by atoms with Crippen LogP contribution in [0.2, 0.25) is 5.02 Å². The van der Waals surface area contributed by atoms with Gasteiger partial charge >= 0.3 is 0 Å². The van der Waals surface area contributed by atoms with E-state index in [0.717, 1.165) is 21.0 Å². The van der Waals surface area contributed by atoms with Gasteiger partial charge in [0.15, 0.2) is 0 Å². The minimum Gasteiger partial charge on any atom is -0.355 e. The van der Waals surface area contributed by atoms with Gasteiger partial charge in [0, 0.05) is 19.5 Å². The molecule has 0 saturated carbocycles. The number of sulfonamides is 1. The summed E-state index contributed by atoms with van der Waals surface area (Å²) >= 11 is 6.49. The Morgan fingerprint density at radius 1 is 0.810 bits per heavy atom. The average Bonchev–Trinajstić information content (AvgIpc) is 3.00. The molecule has 42 heavy (non-hydrogen) atoms. The normalized spacial score (nSPS) is 11.9. The van der Waals surface area contributed by atoms with Crippen LogP contribution in [0.4, 0.5) is 5.69 Å². The largest absolute Gasteiger partial charge is 0.355 e. The highest BCUT2D eigenvalue weighted by Gasteiger charge is 2.35. The molecule has 1 N–H and O–H groups in total. The lowest BCUT2D eigenvalue weighted by atomic mass is 10.0. The van der Waals surface area contributed by atoms with Gasteiger partial charge in [0.2, 0.25) is 11.8 Å². The molecular weight excluding hydrogens is 570 g/mol. The molecule has 0 aliphatic carbocycles. The van der Waals surface area contributed by atoms with Crippen molar-refractivity contribution in [3.8, 4) is 0 Å². The molecule has 218 valence electrons. The molecule has 0 saturated heterocycles. The Balaban J connectivity index is 1.79. The van der Waals surface area contributed by atoms with Gasteiger partial charge in [0.05, 0.1) is 15.6 Å². The van der Waals surface area contributed by atoms with Crippen molar-refractivity contribution >= 4 is 39.1 Å². The molecule has 9 heteroatoms. The first-order valence-electron chi connectivity index (χ1n) is 13.7. The second-order valence-corrected chi connectivity index (χ2v) is 12.2. The summed E-state index contributed by atoms with van der Waals surface area (Å²) in [6.45, 7) is 3.71. The molecule has 0 aromatic heterocycles. The van der Waals surface area contributed by atoms with E-state index in [0.29, 0.717) is 6.54 Å². The predicted molar refractivity (Wildman–Crippen MR) is 167 cm³/mol. The van der Waals surface area contributed by atoms with Crippen molar-refractivity contribution in [1.82, 2.24) is 10.2 Å². The van der Waals surface area contributed by atoms with E-state index in [4.69, 9.17) is 11.6 Å². The number of hydrogen-bond acceptors (Lipinski definition) is 4. The fraction of sp³-hybridized carbons (Fsp3) is 0.212. The highest BCUT2D eigenvalue weighted by Crippen LogP contribution is 2.31. The van der Waals surface area contributed by atoms with Crippen LogP contribution >= 0.6 is 11.6 Å². The Morgan fingerprint density at radius 2 is 1.40 bits per heavy atom. The van der Waals surface area contributed by atoms with E-state index in [1.165, 1.54) is 17.0 Å². The molecule has 4 aromatic carbocycles. The van der Waals surface area contributed by atoms with E-state index in [9.17, 15) is 18.0 Å². The summed E-state index contributed by atoms with van der Waals surface area (Å²) in [7, 11) is -4.20. The number of benzene rings is 4. The first-order valence-corrected chi connectivity index (χ1v) is 15.5. The zero-order valence-electron chi connectivity index (χ0n) is 23.6. The number of amides is 2. The second-order valence-electron chi connectivity index (χ2n) is 9.88. The number of aryl methyl sites for hydroxylation is 1. The Hall–Kier alpha value is -4.14. The van der Waals surface area contributed by atoms with Gasteiger partial charge in [-0.3, -0.25) is 13.9 Å². The molecule has 2 amide bonds. The Labute approximate surface area is 252 Å². The number of likely N-dealkylation sites (N-methyl/N-ethyl adjacent to an activating group) is 1. The third-order valence-corrected chi connectivity index (χ3v) is 8.92. The van der Waals surface area contributed by atoms with Crippen LogP contribution in [0.15, 0.2) is 114 Å². The average molecular weight is 604 g/mol. The Morgan fingerprint density at radius 3 is 2.02 bits per heavy atom. The van der Waals surface area contributed by atoms with E-state index in [2.05, 4.69) is 5.32 Å². The molecule has 0 bridgehead atoms. The molecule has 0 aliphatic heterocycles. The first kappa shape index (κ1) is 30.8. The van der Waals surface area contributed by atoms with Gasteiger partial charge in [0.1, 0.15) is 12.6 Å². The van der Waals surface area contributed by atoms with Gasteiger partial charge in [0.25, 0.3) is 10.0 Å². The third-order valence-electron chi connectivity index (χ3n) is 6.83. The summed E-state index contributed by atoms with van der Waals surface area (Å²) in [6, 6.07) is 30.6. The minimum atomic E-state index is -4.20. The molecule has 0 radical (unpaired) electrons. The lowest BCUT2D eigenvalue weighted by Crippen LogP contribution is -2.53. The van der Waals surface area contributed by atoms with Gasteiger partial charge in [-0.25, -0.2) is 8.42 Å². The molecule has 0 heterocycles. The van der Waals surface area contributed by atoms with Crippen LogP contribution in [0.25, 0.3) is 0 Å². The van der Waals surface area contributed by atoms with Gasteiger partial charge in [-0.05, 0) is 49.2 Å². The van der Waals surface area contributed by atoms with Crippen molar-refractivity contribution in [2.24, 2.45) is 0 Å². The van der Waals surface area contributed by atoms with Crippen molar-refractivity contribution in [3.05, 3.63) is 131 Å². The maximum absolute atomic E-state index is 14.3. The lowest BCUT2D eigenvalue weighted by Gasteiger charge is -2.34. The number of nitrogens with one attached hydrogen (secondary N) is 1. The number of nitrogens with zero attached hydrogens (tertiary/aromatic N) is 2. The van der Waals surface area contributed by atoms with Gasteiger partial charge in [-0.2, -0.15) is 0 Å². The summed E-state index contributed by atoms with van der Waals surface area (Å²) in [5.74, 6) is -0.862. The van der Waals surface area contributed by atoms with Crippen molar-refractivity contribution in [1.29, 1.82) is 0 Å². The number of anilines is 1. The molecule has 4 aromatic rings. The maximum Gasteiger partial charge on any atom is 0.264 e. The van der Waals surface area contributed by atoms with Gasteiger partial charge < -0.3 is 10.2 Å². The zero-order chi connectivity index (χ0) is 30.1. The van der Waals surface area contributed by atoms with Crippen LogP contribution in [-0.2, 0) is 32.6 Å². The molecular formula is C33H34ClN3O4S. The summed E-state index contributed by atoms with van der Waals surface area (Å²) < 4.78 is 28.9. The van der Waals surface area contributed by atoms with Crippen molar-refractivity contribution in [2.75, 3.05) is 17.4 Å². The van der Waals surface area contributed by atoms with Gasteiger partial charge in [-0.1, -0.05) is 102 Å². The van der Waals surface area contributed by atoms with Crippen LogP contribution in [0.5, 0.6) is 0 Å². The fourth-order valence-corrected chi connectivity index (χ4v) is 6.37. The van der Waals surface area contributed by atoms with Crippen molar-refractivity contribution in [2.45, 2.75) is 37.8 Å². The standard InChI is InChI=1S/C33H34ClN3O4S/c1-3-35-33(39)31(22-26-12-6-4-7-13-26)36(23-27-20-18-25(2)19-21-27)32(38)24-37(30-17-11-10-16-29(30)34)42(40,41)28-14-8-5-9-15-28/h4-21,31H,3,22-24H2,1-2H3,(H,35,39)/t31-/m0/s1. The molecule has 0 aliphatic rings. The summed E-state index contributed by atoms with van der Waals surface area (Å²) in [4.78, 5) is 29.3. The molecule has 7 nitrogen and oxygen atoms in total. The van der Waals surface area contributed by atoms with E-state index >= 15 is 0 Å². The summed E-state index contributed by atoms with van der Waals surface area (Å²) in [6.07, 6.45) is 0.252. The van der Waals surface area contributed by atoms with Crippen molar-refractivity contribution < 1.29 is 18.0 Å². The Kier molecular flexibility index (Phi) is 10.4. The number of carbonyl (C=O) groups is 2. The monoisotopic (exact) mass is 603 g/mol. The first-order chi connectivity index (χ1) is 20.2. The van der Waals surface area contributed by atoms with Crippen LogP contribution in [0.1, 0.15) is 23.6 Å². The number of halogens is 1. The second kappa shape index (κ2) is 14.2. The number of hydrogen-bond donors (Lipinski definition) is 1. The predicted octanol–water partition coefficient (Wildman–Crippen LogP) is 5.62. The van der Waals surface area contributed by atoms with Crippen LogP contribution in [-0.4, -0.2) is 44.3 Å². The summed E-state index contributed by atoms with van der Waals surface area (Å²) in [5, 5.41) is 3.04. The van der Waals surface area contributed by atoms with Crippen molar-refractivity contribution in [3.63, 3.8) is 0 Å². The molecule has 1 atom stereocenters. The Bertz CT molecular complexity index is 1600. The third kappa shape index (κ3) is 7.57. The van der Waals surface area contributed by atoms with E-state index in [1.54, 1.807) is 42.5 Å². The van der Waals surface area contributed by atoms with Crippen LogP contribution in [0, 0.1) is 6.92 Å². The van der Waals surface area contributed by atoms with E-state index in [1.807, 2.05) is 68.4 Å². The molecule has 0 spiro atoms. The van der Waals surface area contributed by atoms with E-state index < -0.39 is 28.5 Å². The number of para-hydroxylation sites is 1. The highest BCUT2D eigenvalue weighted by molar-refractivity contribution is 7.92. The van der Waals surface area contributed by atoms with E-state index in [-0.39, 0.29) is 34.5 Å². The molecule has 0 fully saturated rings. The number of carbonyl (C=O) groups excluding carboxylic acids is 2. The van der Waals surface area contributed by atoms with Crippen LogP contribution < -0.4 is 9.62 Å². The smallest absolute Gasteiger partial charge is 0.264 e. The molecule has 4 rings (SSSR count). The quantitative estimate of drug-likeness (QED) is 0.228. The molecule has 0 unspecified atom stereocenters.